The van der Waals surface area contributed by atoms with Crippen LogP contribution in [-0.4, -0.2) is 26.8 Å². The third kappa shape index (κ3) is 2.52. The summed E-state index contributed by atoms with van der Waals surface area (Å²) in [7, 11) is -3.17. The Kier molecular flexibility index (Phi) is 3.64. The number of nitrogens with two attached hydrogens (primary N) is 1. The zero-order valence-corrected chi connectivity index (χ0v) is 11.7. The number of fused-ring (bicyclic) bond motifs is 1. The van der Waals surface area contributed by atoms with Crippen molar-refractivity contribution in [2.45, 2.75) is 37.6 Å². The number of hydrogen-bond donors (Lipinski definition) is 2. The topological polar surface area (TPSA) is 72.2 Å². The zero-order chi connectivity index (χ0) is 13.3. The number of anilines is 1. The third-order valence-electron chi connectivity index (χ3n) is 3.27. The minimum atomic E-state index is -3.17. The Morgan fingerprint density at radius 3 is 2.78 bits per heavy atom. The van der Waals surface area contributed by atoms with Crippen molar-refractivity contribution < 1.29 is 8.42 Å². The molecule has 1 aliphatic rings. The van der Waals surface area contributed by atoms with Crippen molar-refractivity contribution >= 4 is 15.5 Å². The molecule has 0 fully saturated rings. The molecule has 1 aromatic rings. The van der Waals surface area contributed by atoms with Crippen LogP contribution in [0, 0.1) is 13.8 Å². The Morgan fingerprint density at radius 1 is 1.39 bits per heavy atom. The van der Waals surface area contributed by atoms with Crippen LogP contribution in [0.25, 0.3) is 0 Å². The van der Waals surface area contributed by atoms with Crippen LogP contribution >= 0.6 is 0 Å². The molecular weight excluding hydrogens is 248 g/mol. The van der Waals surface area contributed by atoms with Gasteiger partial charge in [0.25, 0.3) is 0 Å². The number of hydrogen-bond acceptors (Lipinski definition) is 4. The Hall–Kier alpha value is -1.07. The fourth-order valence-electron chi connectivity index (χ4n) is 2.60. The molecule has 0 spiro atoms. The molecule has 0 bridgehead atoms. The normalized spacial score (nSPS) is 21.2. The average Bonchev–Trinajstić information content (AvgIpc) is 2.23. The predicted molar refractivity (Wildman–Crippen MR) is 73.7 cm³/mol. The first-order valence-electron chi connectivity index (χ1n) is 6.24. The molecular formula is C13H20N2O2S. The highest BCUT2D eigenvalue weighted by Crippen LogP contribution is 2.33. The molecule has 2 rings (SSSR count). The molecule has 1 aliphatic heterocycles. The Balaban J connectivity index is 2.41. The van der Waals surface area contributed by atoms with Crippen LogP contribution in [-0.2, 0) is 9.84 Å². The van der Waals surface area contributed by atoms with Gasteiger partial charge in [0.1, 0.15) is 0 Å². The van der Waals surface area contributed by atoms with Gasteiger partial charge in [0.05, 0.1) is 16.3 Å². The minimum absolute atomic E-state index is 0.0211. The molecule has 0 saturated carbocycles. The van der Waals surface area contributed by atoms with Gasteiger partial charge in [-0.25, -0.2) is 8.42 Å². The Morgan fingerprint density at radius 2 is 2.11 bits per heavy atom. The molecule has 3 N–H and O–H groups in total. The lowest BCUT2D eigenvalue weighted by molar-refractivity contribution is 0.574. The summed E-state index contributed by atoms with van der Waals surface area (Å²) in [6, 6.07) is 3.81. The molecule has 100 valence electrons. The van der Waals surface area contributed by atoms with E-state index in [-0.39, 0.29) is 11.8 Å². The highest BCUT2D eigenvalue weighted by atomic mass is 32.2. The molecule has 18 heavy (non-hydrogen) atoms. The number of nitrogens with one attached hydrogen (secondary N) is 1. The minimum Gasteiger partial charge on any atom is -0.380 e. The summed E-state index contributed by atoms with van der Waals surface area (Å²) in [5.74, 6) is 0.171. The second-order valence-corrected chi connectivity index (χ2v) is 6.98. The van der Waals surface area contributed by atoms with Gasteiger partial charge in [-0.15, -0.1) is 0 Å². The molecule has 0 aliphatic carbocycles. The summed E-state index contributed by atoms with van der Waals surface area (Å²) in [5, 5.41) is 3.33. The number of benzene rings is 1. The van der Waals surface area contributed by atoms with Crippen molar-refractivity contribution in [2.24, 2.45) is 5.73 Å². The molecule has 0 amide bonds. The van der Waals surface area contributed by atoms with Crippen LogP contribution in [0.15, 0.2) is 17.0 Å². The van der Waals surface area contributed by atoms with Gasteiger partial charge >= 0.3 is 0 Å². The van der Waals surface area contributed by atoms with E-state index in [2.05, 4.69) is 5.32 Å². The van der Waals surface area contributed by atoms with Gasteiger partial charge in [-0.1, -0.05) is 6.07 Å². The van der Waals surface area contributed by atoms with Crippen molar-refractivity contribution in [3.8, 4) is 0 Å². The molecule has 0 radical (unpaired) electrons. The van der Waals surface area contributed by atoms with Crippen LogP contribution < -0.4 is 11.1 Å². The molecule has 1 aromatic carbocycles. The summed E-state index contributed by atoms with van der Waals surface area (Å²) < 4.78 is 24.6. The monoisotopic (exact) mass is 268 g/mol. The zero-order valence-electron chi connectivity index (χ0n) is 10.9. The summed E-state index contributed by atoms with van der Waals surface area (Å²) >= 11 is 0. The second kappa shape index (κ2) is 4.90. The van der Waals surface area contributed by atoms with Crippen LogP contribution in [0.1, 0.15) is 24.0 Å². The first-order chi connectivity index (χ1) is 8.44. The molecule has 0 aromatic heterocycles. The first-order valence-corrected chi connectivity index (χ1v) is 7.90. The lowest BCUT2D eigenvalue weighted by Crippen LogP contribution is -2.35. The van der Waals surface area contributed by atoms with E-state index in [1.807, 2.05) is 26.0 Å². The maximum Gasteiger partial charge on any atom is 0.182 e. The van der Waals surface area contributed by atoms with E-state index >= 15 is 0 Å². The Labute approximate surface area is 108 Å². The standard InChI is InChI=1S/C13H20N2O2S/c1-9-6-10(2)13-12(7-9)15-11(4-3-5-14)8-18(13,16)17/h6-7,11,15H,3-5,8,14H2,1-2H3. The molecule has 5 heteroatoms. The van der Waals surface area contributed by atoms with Gasteiger partial charge in [-0.05, 0) is 50.4 Å². The van der Waals surface area contributed by atoms with Crippen molar-refractivity contribution in [3.63, 3.8) is 0 Å². The maximum absolute atomic E-state index is 12.3. The fraction of sp³-hybridized carbons (Fsp3) is 0.538. The summed E-state index contributed by atoms with van der Waals surface area (Å²) in [4.78, 5) is 0.470. The maximum atomic E-state index is 12.3. The van der Waals surface area contributed by atoms with Gasteiger partial charge in [0.15, 0.2) is 9.84 Å². The third-order valence-corrected chi connectivity index (χ3v) is 5.27. The summed E-state index contributed by atoms with van der Waals surface area (Å²) in [6.45, 7) is 4.42. The smallest absolute Gasteiger partial charge is 0.182 e. The quantitative estimate of drug-likeness (QED) is 0.873. The predicted octanol–water partition coefficient (Wildman–Crippen LogP) is 1.61. The number of sulfone groups is 1. The van der Waals surface area contributed by atoms with Crippen LogP contribution in [0.2, 0.25) is 0 Å². The van der Waals surface area contributed by atoms with Crippen LogP contribution in [0.4, 0.5) is 5.69 Å². The summed E-state index contributed by atoms with van der Waals surface area (Å²) in [6.07, 6.45) is 1.63. The lowest BCUT2D eigenvalue weighted by Gasteiger charge is -2.28. The highest BCUT2D eigenvalue weighted by molar-refractivity contribution is 7.91. The van der Waals surface area contributed by atoms with Crippen molar-refractivity contribution in [1.29, 1.82) is 0 Å². The molecule has 4 nitrogen and oxygen atoms in total. The van der Waals surface area contributed by atoms with E-state index in [0.717, 1.165) is 29.7 Å². The van der Waals surface area contributed by atoms with Crippen molar-refractivity contribution in [1.82, 2.24) is 0 Å². The van der Waals surface area contributed by atoms with E-state index in [1.165, 1.54) is 0 Å². The van der Waals surface area contributed by atoms with Crippen molar-refractivity contribution in [3.05, 3.63) is 23.3 Å². The summed E-state index contributed by atoms with van der Waals surface area (Å²) in [5.41, 5.74) is 8.14. The van der Waals surface area contributed by atoms with Gasteiger partial charge < -0.3 is 11.1 Å². The fourth-order valence-corrected chi connectivity index (χ4v) is 4.55. The van der Waals surface area contributed by atoms with E-state index in [1.54, 1.807) is 0 Å². The first kappa shape index (κ1) is 13.4. The van der Waals surface area contributed by atoms with E-state index < -0.39 is 9.84 Å². The van der Waals surface area contributed by atoms with Gasteiger partial charge in [-0.2, -0.15) is 0 Å². The number of aryl methyl sites for hydroxylation is 2. The highest BCUT2D eigenvalue weighted by Gasteiger charge is 2.31. The Bertz CT molecular complexity index is 552. The molecule has 1 heterocycles. The largest absolute Gasteiger partial charge is 0.380 e. The SMILES string of the molecule is Cc1cc(C)c2c(c1)NC(CCCN)CS2(=O)=O. The van der Waals surface area contributed by atoms with Gasteiger partial charge in [0.2, 0.25) is 0 Å². The van der Waals surface area contributed by atoms with Crippen LogP contribution in [0.3, 0.4) is 0 Å². The van der Waals surface area contributed by atoms with Gasteiger partial charge in [0, 0.05) is 6.04 Å². The van der Waals surface area contributed by atoms with Crippen LogP contribution in [0.5, 0.6) is 0 Å². The van der Waals surface area contributed by atoms with E-state index in [9.17, 15) is 8.42 Å². The lowest BCUT2D eigenvalue weighted by atomic mass is 10.1. The number of rotatable bonds is 3. The van der Waals surface area contributed by atoms with E-state index in [0.29, 0.717) is 11.4 Å². The second-order valence-electron chi connectivity index (χ2n) is 5.01. The molecule has 1 atom stereocenters. The van der Waals surface area contributed by atoms with Gasteiger partial charge in [-0.3, -0.25) is 0 Å². The van der Waals surface area contributed by atoms with E-state index in [4.69, 9.17) is 5.73 Å². The molecule has 0 saturated heterocycles. The van der Waals surface area contributed by atoms with Crippen molar-refractivity contribution in [2.75, 3.05) is 17.6 Å². The average molecular weight is 268 g/mol. The molecule has 1 unspecified atom stereocenters.